The van der Waals surface area contributed by atoms with E-state index in [1.54, 1.807) is 0 Å². The molecule has 0 radical (unpaired) electrons. The summed E-state index contributed by atoms with van der Waals surface area (Å²) in [5, 5.41) is -2.89. The Kier molecular flexibility index (Phi) is 1.73. The van der Waals surface area contributed by atoms with Crippen LogP contribution in [0, 0.1) is 13.8 Å². The Balaban J connectivity index is 2.69. The molecule has 0 spiro atoms. The van der Waals surface area contributed by atoms with Crippen LogP contribution in [0.3, 0.4) is 0 Å². The van der Waals surface area contributed by atoms with Gasteiger partial charge in [-0.05, 0) is 34.6 Å². The maximum absolute atomic E-state index is 9.15. The highest BCUT2D eigenvalue weighted by Gasteiger charge is 2.41. The van der Waals surface area contributed by atoms with Crippen LogP contribution >= 0.6 is 0 Å². The van der Waals surface area contributed by atoms with Gasteiger partial charge in [-0.3, -0.25) is 0 Å². The quantitative estimate of drug-likeness (QED) is 0.373. The van der Waals surface area contributed by atoms with E-state index in [-0.39, 0.29) is 11.1 Å². The molecule has 0 saturated heterocycles. The molecule has 4 aromatic carbocycles. The van der Waals surface area contributed by atoms with Gasteiger partial charge in [-0.1, -0.05) is 120 Å². The van der Waals surface area contributed by atoms with E-state index in [0.717, 1.165) is 0 Å². The van der Waals surface area contributed by atoms with E-state index in [1.807, 2.05) is 0 Å². The minimum Gasteiger partial charge on any atom is -0.0623 e. The molecule has 4 rings (SSSR count). The van der Waals surface area contributed by atoms with Crippen molar-refractivity contribution in [1.82, 2.24) is 0 Å². The molecule has 0 fully saturated rings. The van der Waals surface area contributed by atoms with Gasteiger partial charge in [-0.15, -0.1) is 0 Å². The summed E-state index contributed by atoms with van der Waals surface area (Å²) in [5.74, 6) is 0. The zero-order valence-corrected chi connectivity index (χ0v) is 15.5. The van der Waals surface area contributed by atoms with Crippen LogP contribution < -0.4 is 20.7 Å². The lowest BCUT2D eigenvalue weighted by Gasteiger charge is -2.34. The van der Waals surface area contributed by atoms with Crippen molar-refractivity contribution < 1.29 is 24.7 Å². The molecule has 0 aliphatic rings. The third-order valence-electron chi connectivity index (χ3n) is 4.00. The zero-order valence-electron chi connectivity index (χ0n) is 32.5. The number of benzene rings is 4. The predicted octanol–water partition coefficient (Wildman–Crippen LogP) is 3.68. The van der Waals surface area contributed by atoms with Crippen LogP contribution in [0.15, 0.2) is 109 Å². The summed E-state index contributed by atoms with van der Waals surface area (Å²) in [6, 6.07) is -15.4. The van der Waals surface area contributed by atoms with Crippen molar-refractivity contribution in [3.8, 4) is 0 Å². The standard InChI is InChI=1S/C26H24Si/c1-21-11-9-17-25(19-21)27(23-13-5-3-6-14-23,24-15-7-4-8-16-24)26-18-10-12-22(2)20-26/h3-20H,1-2H3/i3D,4D,5D,6D,7D,8D,9D,10D,11D,12D,13D,14D,15D,16D,17D,18D,19D,20D. The molecule has 0 amide bonds. The van der Waals surface area contributed by atoms with Gasteiger partial charge in [0.25, 0.3) is 0 Å². The van der Waals surface area contributed by atoms with Gasteiger partial charge in [0.1, 0.15) is 0 Å². The molecule has 0 unspecified atom stereocenters. The van der Waals surface area contributed by atoms with Gasteiger partial charge in [-0.25, -0.2) is 0 Å². The van der Waals surface area contributed by atoms with Crippen LogP contribution in [-0.4, -0.2) is 8.07 Å². The van der Waals surface area contributed by atoms with Crippen molar-refractivity contribution in [3.63, 3.8) is 0 Å². The first-order chi connectivity index (χ1) is 20.7. The van der Waals surface area contributed by atoms with Crippen LogP contribution in [0.2, 0.25) is 0 Å². The maximum Gasteiger partial charge on any atom is 0.179 e. The Hall–Kier alpha value is -2.90. The summed E-state index contributed by atoms with van der Waals surface area (Å²) in [4.78, 5) is 0. The highest BCUT2D eigenvalue weighted by molar-refractivity contribution is 7.19. The first-order valence-electron chi connectivity index (χ1n) is 17.0. The molecule has 27 heavy (non-hydrogen) atoms. The Morgan fingerprint density at radius 3 is 1.26 bits per heavy atom. The highest BCUT2D eigenvalue weighted by atomic mass is 28.3. The van der Waals surface area contributed by atoms with Gasteiger partial charge in [0.05, 0.1) is 24.7 Å². The molecule has 0 N–H and O–H groups in total. The molecule has 132 valence electrons. The molecule has 0 bridgehead atoms. The summed E-state index contributed by atoms with van der Waals surface area (Å²) >= 11 is 0. The molecule has 0 aliphatic carbocycles. The van der Waals surface area contributed by atoms with Crippen LogP contribution in [-0.2, 0) is 0 Å². The number of hydrogen-bond acceptors (Lipinski definition) is 0. The van der Waals surface area contributed by atoms with Crippen molar-refractivity contribution in [2.75, 3.05) is 0 Å². The second kappa shape index (κ2) is 7.38. The van der Waals surface area contributed by atoms with Gasteiger partial charge in [-0.2, -0.15) is 0 Å². The van der Waals surface area contributed by atoms with E-state index in [1.165, 1.54) is 13.8 Å². The molecule has 0 saturated carbocycles. The normalized spacial score (nSPS) is 20.7. The molecule has 0 heterocycles. The van der Waals surface area contributed by atoms with Gasteiger partial charge in [0.15, 0.2) is 8.07 Å². The van der Waals surface area contributed by atoms with E-state index in [0.29, 0.717) is 0 Å². The average Bonchev–Trinajstić information content (AvgIpc) is 3.00. The first-order valence-corrected chi connectivity index (χ1v) is 10.0. The third-order valence-corrected chi connectivity index (χ3v) is 8.00. The Bertz CT molecular complexity index is 1570. The van der Waals surface area contributed by atoms with E-state index < -0.39 is 138 Å². The molecule has 1 heteroatoms. The van der Waals surface area contributed by atoms with E-state index in [4.69, 9.17) is 24.7 Å². The minimum atomic E-state index is -5.55. The van der Waals surface area contributed by atoms with Crippen molar-refractivity contribution >= 4 is 28.8 Å². The second-order valence-corrected chi connectivity index (χ2v) is 9.25. The summed E-state index contributed by atoms with van der Waals surface area (Å²) in [6.45, 7) is 2.48. The largest absolute Gasteiger partial charge is 0.179 e. The summed E-state index contributed by atoms with van der Waals surface area (Å²) in [5.41, 5.74) is -0.471. The van der Waals surface area contributed by atoms with Crippen molar-refractivity contribution in [1.29, 1.82) is 0 Å². The minimum absolute atomic E-state index is 0.236. The topological polar surface area (TPSA) is 0 Å². The predicted molar refractivity (Wildman–Crippen MR) is 120 cm³/mol. The third kappa shape index (κ3) is 3.15. The van der Waals surface area contributed by atoms with E-state index >= 15 is 0 Å². The Morgan fingerprint density at radius 2 is 0.852 bits per heavy atom. The lowest BCUT2D eigenvalue weighted by atomic mass is 10.2. The number of rotatable bonds is 4. The van der Waals surface area contributed by atoms with Crippen LogP contribution in [0.5, 0.6) is 0 Å². The van der Waals surface area contributed by atoms with Crippen molar-refractivity contribution in [3.05, 3.63) is 120 Å². The molecule has 0 atom stereocenters. The zero-order chi connectivity index (χ0) is 34.4. The van der Waals surface area contributed by atoms with Crippen molar-refractivity contribution in [2.45, 2.75) is 13.8 Å². The molecular weight excluding hydrogens is 340 g/mol. The maximum atomic E-state index is 9.15. The molecule has 0 nitrogen and oxygen atoms in total. The Morgan fingerprint density at radius 1 is 0.481 bits per heavy atom. The second-order valence-electron chi connectivity index (χ2n) is 5.75. The van der Waals surface area contributed by atoms with E-state index in [2.05, 4.69) is 0 Å². The van der Waals surface area contributed by atoms with Crippen LogP contribution in [0.4, 0.5) is 0 Å². The Labute approximate surface area is 188 Å². The molecule has 4 aromatic rings. The summed E-state index contributed by atoms with van der Waals surface area (Å²) in [6.07, 6.45) is 0. The fourth-order valence-corrected chi connectivity index (χ4v) is 6.62. The average molecular weight is 383 g/mol. The molecule has 0 aliphatic heterocycles. The molecule has 0 aromatic heterocycles. The van der Waals surface area contributed by atoms with Gasteiger partial charge in [0.2, 0.25) is 0 Å². The fourth-order valence-electron chi connectivity index (χ4n) is 2.88. The molecular formula is C26H24Si. The first kappa shape index (κ1) is 6.32. The SMILES string of the molecule is [2H]c1c([2H])c([2H])c([Si](c2c([2H])c([2H])c([2H])c([2H])c2[2H])(c2c([2H])c([2H])c([2H])c(C)c2[2H])c2c([2H])c([2H])c([2H])c(C)c2[2H])c([2H])c1[2H]. The number of hydrogen-bond donors (Lipinski definition) is 0. The van der Waals surface area contributed by atoms with Crippen molar-refractivity contribution in [2.24, 2.45) is 0 Å². The summed E-state index contributed by atoms with van der Waals surface area (Å²) in [7, 11) is -5.55. The smallest absolute Gasteiger partial charge is 0.0623 e. The van der Waals surface area contributed by atoms with Gasteiger partial charge < -0.3 is 0 Å². The van der Waals surface area contributed by atoms with E-state index in [9.17, 15) is 0 Å². The summed E-state index contributed by atoms with van der Waals surface area (Å²) < 4.78 is 157. The van der Waals surface area contributed by atoms with Gasteiger partial charge >= 0.3 is 0 Å². The monoisotopic (exact) mass is 382 g/mol. The van der Waals surface area contributed by atoms with Crippen LogP contribution in [0.1, 0.15) is 35.8 Å². The lowest BCUT2D eigenvalue weighted by molar-refractivity contribution is 1.48. The highest BCUT2D eigenvalue weighted by Crippen LogP contribution is 2.11. The van der Waals surface area contributed by atoms with Crippen LogP contribution in [0.25, 0.3) is 0 Å². The van der Waals surface area contributed by atoms with Gasteiger partial charge in [0, 0.05) is 0 Å². The lowest BCUT2D eigenvalue weighted by Crippen LogP contribution is -2.74. The fraction of sp³-hybridized carbons (Fsp3) is 0.0769.